The van der Waals surface area contributed by atoms with Crippen molar-refractivity contribution >= 4 is 5.78 Å². The number of carbonyl (C=O) groups excluding carboxylic acids is 1. The topological polar surface area (TPSA) is 46.3 Å². The Balaban J connectivity index is 1.92. The van der Waals surface area contributed by atoms with Gasteiger partial charge < -0.3 is 5.73 Å². The van der Waals surface area contributed by atoms with Gasteiger partial charge in [-0.2, -0.15) is 0 Å². The number of Topliss-reactive ketones (excluding diaryl/α,β-unsaturated/α-hetero) is 1. The highest BCUT2D eigenvalue weighted by Gasteiger charge is 2.21. The second-order valence-electron chi connectivity index (χ2n) is 5.15. The molecule has 0 aliphatic carbocycles. The maximum atomic E-state index is 12.1. The highest BCUT2D eigenvalue weighted by molar-refractivity contribution is 5.97. The number of hydrogen-bond donors (Lipinski definition) is 1. The molecular formula is C15H22N2O. The van der Waals surface area contributed by atoms with Crippen LogP contribution in [-0.4, -0.2) is 36.4 Å². The molecule has 98 valence electrons. The second kappa shape index (κ2) is 6.12. The van der Waals surface area contributed by atoms with Gasteiger partial charge in [0.05, 0.1) is 6.54 Å². The summed E-state index contributed by atoms with van der Waals surface area (Å²) in [4.78, 5) is 14.2. The molecule has 1 aromatic rings. The molecule has 1 saturated heterocycles. The Morgan fingerprint density at radius 2 is 2.11 bits per heavy atom. The van der Waals surface area contributed by atoms with Gasteiger partial charge in [0.25, 0.3) is 0 Å². The quantitative estimate of drug-likeness (QED) is 0.807. The minimum absolute atomic E-state index is 0.201. The number of nitrogens with zero attached hydrogens (tertiary/aromatic N) is 1. The van der Waals surface area contributed by atoms with Crippen molar-refractivity contribution in [1.29, 1.82) is 0 Å². The maximum Gasteiger partial charge on any atom is 0.176 e. The molecule has 2 N–H and O–H groups in total. The molecule has 0 radical (unpaired) electrons. The van der Waals surface area contributed by atoms with Gasteiger partial charge in [-0.3, -0.25) is 9.69 Å². The lowest BCUT2D eigenvalue weighted by molar-refractivity contribution is 0.0945. The van der Waals surface area contributed by atoms with E-state index >= 15 is 0 Å². The molecule has 0 saturated carbocycles. The van der Waals surface area contributed by atoms with Crippen molar-refractivity contribution < 1.29 is 4.79 Å². The van der Waals surface area contributed by atoms with Crippen molar-refractivity contribution in [2.75, 3.05) is 19.6 Å². The Kier molecular flexibility index (Phi) is 4.50. The van der Waals surface area contributed by atoms with Gasteiger partial charge in [0.2, 0.25) is 0 Å². The van der Waals surface area contributed by atoms with E-state index in [9.17, 15) is 4.79 Å². The van der Waals surface area contributed by atoms with E-state index in [1.165, 1.54) is 5.56 Å². The van der Waals surface area contributed by atoms with Crippen LogP contribution in [0.15, 0.2) is 24.3 Å². The number of hydrogen-bond acceptors (Lipinski definition) is 3. The van der Waals surface area contributed by atoms with Crippen molar-refractivity contribution in [3.63, 3.8) is 0 Å². The molecule has 1 aliphatic heterocycles. The third-order valence-electron chi connectivity index (χ3n) is 3.49. The summed E-state index contributed by atoms with van der Waals surface area (Å²) in [6, 6.07) is 8.26. The molecule has 1 aromatic carbocycles. The maximum absolute atomic E-state index is 12.1. The van der Waals surface area contributed by atoms with E-state index in [0.29, 0.717) is 6.54 Å². The van der Waals surface area contributed by atoms with Gasteiger partial charge in [0.15, 0.2) is 5.78 Å². The standard InChI is InChI=1S/C15H22N2O/c1-2-3-12-4-6-13(7-5-12)15(18)11-17-9-8-14(16)10-17/h4-7,14H,2-3,8-11,16H2,1H3. The zero-order valence-corrected chi connectivity index (χ0v) is 11.1. The molecule has 1 atom stereocenters. The Bertz CT molecular complexity index is 399. The first kappa shape index (κ1) is 13.2. The lowest BCUT2D eigenvalue weighted by atomic mass is 10.1. The van der Waals surface area contributed by atoms with Crippen LogP contribution in [0.1, 0.15) is 35.7 Å². The highest BCUT2D eigenvalue weighted by atomic mass is 16.1. The molecule has 1 unspecified atom stereocenters. The van der Waals surface area contributed by atoms with E-state index in [2.05, 4.69) is 24.0 Å². The summed E-state index contributed by atoms with van der Waals surface area (Å²) in [5, 5.41) is 0. The fourth-order valence-corrected chi connectivity index (χ4v) is 2.45. The van der Waals surface area contributed by atoms with Crippen LogP contribution in [0.3, 0.4) is 0 Å². The smallest absolute Gasteiger partial charge is 0.176 e. The predicted octanol–water partition coefficient (Wildman–Crippen LogP) is 1.85. The summed E-state index contributed by atoms with van der Waals surface area (Å²) >= 11 is 0. The highest BCUT2D eigenvalue weighted by Crippen LogP contribution is 2.11. The monoisotopic (exact) mass is 246 g/mol. The molecule has 1 fully saturated rings. The first-order chi connectivity index (χ1) is 8.69. The zero-order valence-electron chi connectivity index (χ0n) is 11.1. The number of aryl methyl sites for hydroxylation is 1. The predicted molar refractivity (Wildman–Crippen MR) is 73.8 cm³/mol. The molecule has 0 bridgehead atoms. The van der Waals surface area contributed by atoms with Crippen molar-refractivity contribution in [3.05, 3.63) is 35.4 Å². The van der Waals surface area contributed by atoms with E-state index in [4.69, 9.17) is 5.73 Å². The average Bonchev–Trinajstić information content (AvgIpc) is 2.76. The first-order valence-electron chi connectivity index (χ1n) is 6.79. The van der Waals surface area contributed by atoms with Crippen LogP contribution >= 0.6 is 0 Å². The number of ketones is 1. The first-order valence-corrected chi connectivity index (χ1v) is 6.79. The van der Waals surface area contributed by atoms with Crippen molar-refractivity contribution in [2.24, 2.45) is 5.73 Å². The molecule has 0 amide bonds. The van der Waals surface area contributed by atoms with Crippen LogP contribution in [0, 0.1) is 0 Å². The normalized spacial score (nSPS) is 20.2. The van der Waals surface area contributed by atoms with Crippen LogP contribution in [0.4, 0.5) is 0 Å². The molecule has 1 heterocycles. The van der Waals surface area contributed by atoms with Crippen molar-refractivity contribution in [1.82, 2.24) is 4.90 Å². The van der Waals surface area contributed by atoms with E-state index in [1.54, 1.807) is 0 Å². The number of carbonyl (C=O) groups is 1. The minimum Gasteiger partial charge on any atom is -0.326 e. The average molecular weight is 246 g/mol. The fourth-order valence-electron chi connectivity index (χ4n) is 2.45. The molecular weight excluding hydrogens is 224 g/mol. The van der Waals surface area contributed by atoms with E-state index < -0.39 is 0 Å². The van der Waals surface area contributed by atoms with Crippen LogP contribution in [-0.2, 0) is 6.42 Å². The SMILES string of the molecule is CCCc1ccc(C(=O)CN2CCC(N)C2)cc1. The van der Waals surface area contributed by atoms with Gasteiger partial charge in [0.1, 0.15) is 0 Å². The van der Waals surface area contributed by atoms with Crippen LogP contribution in [0.5, 0.6) is 0 Å². The van der Waals surface area contributed by atoms with Gasteiger partial charge in [-0.25, -0.2) is 0 Å². The summed E-state index contributed by atoms with van der Waals surface area (Å²) in [6.07, 6.45) is 3.22. The van der Waals surface area contributed by atoms with Gasteiger partial charge in [-0.15, -0.1) is 0 Å². The molecule has 3 heteroatoms. The summed E-state index contributed by atoms with van der Waals surface area (Å²) in [6.45, 7) is 4.46. The number of nitrogens with two attached hydrogens (primary N) is 1. The second-order valence-corrected chi connectivity index (χ2v) is 5.15. The van der Waals surface area contributed by atoms with Crippen LogP contribution in [0.25, 0.3) is 0 Å². The van der Waals surface area contributed by atoms with Crippen molar-refractivity contribution in [2.45, 2.75) is 32.2 Å². The van der Waals surface area contributed by atoms with E-state index in [0.717, 1.165) is 37.9 Å². The summed E-state index contributed by atoms with van der Waals surface area (Å²) in [7, 11) is 0. The molecule has 2 rings (SSSR count). The summed E-state index contributed by atoms with van der Waals surface area (Å²) in [5.74, 6) is 0.201. The van der Waals surface area contributed by atoms with Crippen molar-refractivity contribution in [3.8, 4) is 0 Å². The Morgan fingerprint density at radius 1 is 1.39 bits per heavy atom. The lowest BCUT2D eigenvalue weighted by Gasteiger charge is -2.14. The Labute approximate surface area is 109 Å². The van der Waals surface area contributed by atoms with Gasteiger partial charge in [0, 0.05) is 24.7 Å². The Morgan fingerprint density at radius 3 is 2.67 bits per heavy atom. The van der Waals surface area contributed by atoms with Crippen LogP contribution < -0.4 is 5.73 Å². The molecule has 3 nitrogen and oxygen atoms in total. The zero-order chi connectivity index (χ0) is 13.0. The van der Waals surface area contributed by atoms with E-state index in [-0.39, 0.29) is 11.8 Å². The minimum atomic E-state index is 0.201. The van der Waals surface area contributed by atoms with Gasteiger partial charge in [-0.1, -0.05) is 37.6 Å². The summed E-state index contributed by atoms with van der Waals surface area (Å²) in [5.41, 5.74) is 7.96. The summed E-state index contributed by atoms with van der Waals surface area (Å²) < 4.78 is 0. The molecule has 0 aromatic heterocycles. The number of benzene rings is 1. The fraction of sp³-hybridized carbons (Fsp3) is 0.533. The Hall–Kier alpha value is -1.19. The lowest BCUT2D eigenvalue weighted by Crippen LogP contribution is -2.31. The number of rotatable bonds is 5. The molecule has 0 spiro atoms. The largest absolute Gasteiger partial charge is 0.326 e. The van der Waals surface area contributed by atoms with Crippen LogP contribution in [0.2, 0.25) is 0 Å². The molecule has 18 heavy (non-hydrogen) atoms. The third-order valence-corrected chi connectivity index (χ3v) is 3.49. The van der Waals surface area contributed by atoms with Gasteiger partial charge >= 0.3 is 0 Å². The molecule has 1 aliphatic rings. The van der Waals surface area contributed by atoms with E-state index in [1.807, 2.05) is 12.1 Å². The van der Waals surface area contributed by atoms with Gasteiger partial charge in [-0.05, 0) is 18.4 Å². The third kappa shape index (κ3) is 3.40. The number of likely N-dealkylation sites (tertiary alicyclic amines) is 1.